The number of aromatic hydroxyl groups is 1. The number of Topliss-reactive ketones (excluding diaryl/α,β-unsaturated/α-hetero) is 1. The molecule has 0 unspecified atom stereocenters. The highest BCUT2D eigenvalue weighted by Crippen LogP contribution is 2.26. The Kier molecular flexibility index (Phi) is 3.57. The molecule has 0 fully saturated rings. The van der Waals surface area contributed by atoms with Crippen LogP contribution in [0, 0.1) is 6.92 Å². The van der Waals surface area contributed by atoms with Crippen LogP contribution in [0.5, 0.6) is 5.75 Å². The second kappa shape index (κ2) is 4.55. The van der Waals surface area contributed by atoms with Gasteiger partial charge in [-0.1, -0.05) is 12.1 Å². The summed E-state index contributed by atoms with van der Waals surface area (Å²) in [6.45, 7) is 1.57. The molecule has 0 saturated heterocycles. The highest BCUT2D eigenvalue weighted by atomic mass is 19.4. The minimum Gasteiger partial charge on any atom is -0.507 e. The number of hydrogen-bond donors (Lipinski definition) is 1. The molecule has 0 radical (unpaired) electrons. The average molecular weight is 232 g/mol. The number of alkyl halides is 3. The van der Waals surface area contributed by atoms with E-state index in [2.05, 4.69) is 0 Å². The lowest BCUT2D eigenvalue weighted by atomic mass is 10.0. The van der Waals surface area contributed by atoms with Gasteiger partial charge in [-0.15, -0.1) is 0 Å². The fourth-order valence-corrected chi connectivity index (χ4v) is 1.40. The molecule has 0 aromatic heterocycles. The van der Waals surface area contributed by atoms with Crippen molar-refractivity contribution in [2.45, 2.75) is 25.9 Å². The summed E-state index contributed by atoms with van der Waals surface area (Å²) < 4.78 is 35.8. The summed E-state index contributed by atoms with van der Waals surface area (Å²) in [6.07, 6.45) is -6.16. The molecule has 0 aliphatic heterocycles. The minimum atomic E-state index is -4.35. The van der Waals surface area contributed by atoms with Crippen LogP contribution in [0.3, 0.4) is 0 Å². The smallest absolute Gasteiger partial charge is 0.389 e. The van der Waals surface area contributed by atoms with Crippen molar-refractivity contribution in [3.8, 4) is 5.75 Å². The number of aryl methyl sites for hydroxylation is 1. The Labute approximate surface area is 90.7 Å². The third kappa shape index (κ3) is 3.25. The molecule has 2 nitrogen and oxygen atoms in total. The summed E-state index contributed by atoms with van der Waals surface area (Å²) in [6, 6.07) is 4.39. The molecule has 16 heavy (non-hydrogen) atoms. The standard InChI is InChI=1S/C11H11F3O2/c1-7-3-2-4-8(15)10(7)9(16)5-6-11(12,13)14/h2-4,15H,5-6H2,1H3. The van der Waals surface area contributed by atoms with Crippen molar-refractivity contribution in [2.75, 3.05) is 0 Å². The molecule has 0 amide bonds. The number of carbonyl (C=O) groups excluding carboxylic acids is 1. The van der Waals surface area contributed by atoms with Crippen LogP contribution >= 0.6 is 0 Å². The molecule has 0 spiro atoms. The quantitative estimate of drug-likeness (QED) is 0.812. The largest absolute Gasteiger partial charge is 0.507 e. The zero-order valence-corrected chi connectivity index (χ0v) is 8.64. The van der Waals surface area contributed by atoms with E-state index < -0.39 is 24.8 Å². The molecule has 0 atom stereocenters. The lowest BCUT2D eigenvalue weighted by Crippen LogP contribution is -2.11. The molecular formula is C11H11F3O2. The molecule has 0 bridgehead atoms. The van der Waals surface area contributed by atoms with E-state index >= 15 is 0 Å². The number of carbonyl (C=O) groups is 1. The van der Waals surface area contributed by atoms with Crippen LogP contribution in [0.1, 0.15) is 28.8 Å². The Bertz CT molecular complexity index is 376. The Morgan fingerprint density at radius 3 is 2.50 bits per heavy atom. The van der Waals surface area contributed by atoms with Gasteiger partial charge in [0.05, 0.1) is 12.0 Å². The second-order valence-corrected chi connectivity index (χ2v) is 3.51. The van der Waals surface area contributed by atoms with Gasteiger partial charge in [0.2, 0.25) is 0 Å². The van der Waals surface area contributed by atoms with Crippen LogP contribution in [-0.4, -0.2) is 17.1 Å². The summed E-state index contributed by atoms with van der Waals surface area (Å²) in [5.41, 5.74) is 0.457. The Morgan fingerprint density at radius 2 is 2.00 bits per heavy atom. The van der Waals surface area contributed by atoms with Crippen LogP contribution < -0.4 is 0 Å². The van der Waals surface area contributed by atoms with Crippen LogP contribution in [0.4, 0.5) is 13.2 Å². The van der Waals surface area contributed by atoms with E-state index in [1.54, 1.807) is 13.0 Å². The number of phenols is 1. The highest BCUT2D eigenvalue weighted by Gasteiger charge is 2.28. The maximum Gasteiger partial charge on any atom is 0.389 e. The van der Waals surface area contributed by atoms with Crippen LogP contribution in [0.2, 0.25) is 0 Å². The van der Waals surface area contributed by atoms with Gasteiger partial charge in [-0.2, -0.15) is 13.2 Å². The lowest BCUT2D eigenvalue weighted by molar-refractivity contribution is -0.133. The van der Waals surface area contributed by atoms with Crippen LogP contribution in [0.25, 0.3) is 0 Å². The van der Waals surface area contributed by atoms with Gasteiger partial charge < -0.3 is 5.11 Å². The second-order valence-electron chi connectivity index (χ2n) is 3.51. The molecule has 0 heterocycles. The van der Waals surface area contributed by atoms with Gasteiger partial charge in [0.25, 0.3) is 0 Å². The first-order chi connectivity index (χ1) is 7.31. The van der Waals surface area contributed by atoms with E-state index in [0.29, 0.717) is 5.56 Å². The zero-order valence-electron chi connectivity index (χ0n) is 8.64. The molecule has 5 heteroatoms. The molecule has 1 N–H and O–H groups in total. The summed E-state index contributed by atoms with van der Waals surface area (Å²) in [5, 5.41) is 9.39. The van der Waals surface area contributed by atoms with Gasteiger partial charge >= 0.3 is 6.18 Å². The number of hydrogen-bond acceptors (Lipinski definition) is 2. The van der Waals surface area contributed by atoms with Crippen molar-refractivity contribution >= 4 is 5.78 Å². The minimum absolute atomic E-state index is 0.0215. The first-order valence-corrected chi connectivity index (χ1v) is 4.70. The molecular weight excluding hydrogens is 221 g/mol. The van der Waals surface area contributed by atoms with Gasteiger partial charge in [0.15, 0.2) is 5.78 Å². The number of halogens is 3. The Balaban J connectivity index is 2.81. The Hall–Kier alpha value is -1.52. The van der Waals surface area contributed by atoms with Crippen molar-refractivity contribution in [3.63, 3.8) is 0 Å². The summed E-state index contributed by atoms with van der Waals surface area (Å²) in [4.78, 5) is 11.5. The van der Waals surface area contributed by atoms with Crippen LogP contribution in [-0.2, 0) is 0 Å². The van der Waals surface area contributed by atoms with Crippen molar-refractivity contribution in [3.05, 3.63) is 29.3 Å². The van der Waals surface area contributed by atoms with Crippen molar-refractivity contribution in [1.82, 2.24) is 0 Å². The fraction of sp³-hybridized carbons (Fsp3) is 0.364. The zero-order chi connectivity index (χ0) is 12.3. The average Bonchev–Trinajstić information content (AvgIpc) is 2.13. The molecule has 1 aromatic rings. The molecule has 1 aromatic carbocycles. The fourth-order valence-electron chi connectivity index (χ4n) is 1.40. The maximum absolute atomic E-state index is 11.9. The molecule has 0 aliphatic carbocycles. The third-order valence-corrected chi connectivity index (χ3v) is 2.17. The third-order valence-electron chi connectivity index (χ3n) is 2.17. The van der Waals surface area contributed by atoms with Crippen molar-refractivity contribution in [1.29, 1.82) is 0 Å². The normalized spacial score (nSPS) is 11.5. The van der Waals surface area contributed by atoms with Gasteiger partial charge in [-0.25, -0.2) is 0 Å². The molecule has 0 saturated carbocycles. The molecule has 88 valence electrons. The van der Waals surface area contributed by atoms with Crippen molar-refractivity contribution in [2.24, 2.45) is 0 Å². The number of phenolic OH excluding ortho intramolecular Hbond substituents is 1. The van der Waals surface area contributed by atoms with E-state index in [1.807, 2.05) is 0 Å². The Morgan fingerprint density at radius 1 is 1.38 bits per heavy atom. The van der Waals surface area contributed by atoms with Gasteiger partial charge in [-0.05, 0) is 18.6 Å². The highest BCUT2D eigenvalue weighted by molar-refractivity contribution is 5.99. The van der Waals surface area contributed by atoms with E-state index in [1.165, 1.54) is 12.1 Å². The molecule has 1 rings (SSSR count). The predicted molar refractivity (Wildman–Crippen MR) is 52.5 cm³/mol. The lowest BCUT2D eigenvalue weighted by Gasteiger charge is -2.08. The van der Waals surface area contributed by atoms with Gasteiger partial charge in [-0.3, -0.25) is 4.79 Å². The van der Waals surface area contributed by atoms with E-state index in [4.69, 9.17) is 0 Å². The predicted octanol–water partition coefficient (Wildman–Crippen LogP) is 3.23. The van der Waals surface area contributed by atoms with E-state index in [9.17, 15) is 23.1 Å². The maximum atomic E-state index is 11.9. The van der Waals surface area contributed by atoms with E-state index in [-0.39, 0.29) is 11.3 Å². The van der Waals surface area contributed by atoms with Crippen LogP contribution in [0.15, 0.2) is 18.2 Å². The van der Waals surface area contributed by atoms with E-state index in [0.717, 1.165) is 0 Å². The molecule has 0 aliphatic rings. The topological polar surface area (TPSA) is 37.3 Å². The number of rotatable bonds is 3. The first-order valence-electron chi connectivity index (χ1n) is 4.70. The number of ketones is 1. The van der Waals surface area contributed by atoms with Crippen molar-refractivity contribution < 1.29 is 23.1 Å². The first kappa shape index (κ1) is 12.5. The SMILES string of the molecule is Cc1cccc(O)c1C(=O)CCC(F)(F)F. The monoisotopic (exact) mass is 232 g/mol. The summed E-state index contributed by atoms with van der Waals surface area (Å²) in [7, 11) is 0. The van der Waals surface area contributed by atoms with Gasteiger partial charge in [0.1, 0.15) is 5.75 Å². The summed E-state index contributed by atoms with van der Waals surface area (Å²) in [5.74, 6) is -0.958. The number of benzene rings is 1. The van der Waals surface area contributed by atoms with Gasteiger partial charge in [0, 0.05) is 6.42 Å². The summed E-state index contributed by atoms with van der Waals surface area (Å²) >= 11 is 0.